The van der Waals surface area contributed by atoms with E-state index in [2.05, 4.69) is 5.10 Å². The molecule has 150 valence electrons. The smallest absolute Gasteiger partial charge is 0.272 e. The number of nitrogens with zero attached hydrogens (tertiary/aromatic N) is 3. The normalized spacial score (nSPS) is 19.2. The van der Waals surface area contributed by atoms with E-state index in [0.29, 0.717) is 12.5 Å². The van der Waals surface area contributed by atoms with Crippen LogP contribution in [0.2, 0.25) is 0 Å². The molecule has 1 fully saturated rings. The molecule has 0 radical (unpaired) electrons. The third kappa shape index (κ3) is 3.86. The third-order valence-electron chi connectivity index (χ3n) is 5.85. The molecule has 6 heteroatoms. The summed E-state index contributed by atoms with van der Waals surface area (Å²) in [5, 5.41) is 4.61. The minimum atomic E-state index is 0.129. The van der Waals surface area contributed by atoms with E-state index in [1.807, 2.05) is 36.2 Å². The second-order valence-electron chi connectivity index (χ2n) is 7.85. The Morgan fingerprint density at radius 2 is 2.04 bits per heavy atom. The van der Waals surface area contributed by atoms with Crippen LogP contribution in [0.5, 0.6) is 11.5 Å². The first-order chi connectivity index (χ1) is 13.7. The van der Waals surface area contributed by atoms with Gasteiger partial charge in [-0.3, -0.25) is 9.48 Å². The van der Waals surface area contributed by atoms with Crippen molar-refractivity contribution < 1.29 is 14.3 Å². The lowest BCUT2D eigenvalue weighted by Crippen LogP contribution is -2.42. The first-order valence-corrected chi connectivity index (χ1v) is 10.3. The Hall–Kier alpha value is -2.50. The maximum Gasteiger partial charge on any atom is 0.272 e. The molecule has 1 saturated heterocycles. The largest absolute Gasteiger partial charge is 0.497 e. The standard InChI is InChI=1S/C22H29N3O3/c1-24-21(19-10-3-4-11-20(19)23-24)22(26)25-12-6-7-16(14-25)15-28-18-9-5-8-17(13-18)27-2/h5,8-9,13,16H,3-4,6-7,10-12,14-15H2,1-2H3. The number of aromatic nitrogens is 2. The summed E-state index contributed by atoms with van der Waals surface area (Å²) in [6.07, 6.45) is 6.38. The molecule has 1 aromatic carbocycles. The fourth-order valence-corrected chi connectivity index (χ4v) is 4.39. The summed E-state index contributed by atoms with van der Waals surface area (Å²) in [4.78, 5) is 15.3. The predicted octanol–water partition coefficient (Wildman–Crippen LogP) is 3.24. The van der Waals surface area contributed by atoms with Crippen LogP contribution >= 0.6 is 0 Å². The van der Waals surface area contributed by atoms with E-state index < -0.39 is 0 Å². The monoisotopic (exact) mass is 383 g/mol. The number of hydrogen-bond donors (Lipinski definition) is 0. The minimum absolute atomic E-state index is 0.129. The molecule has 28 heavy (non-hydrogen) atoms. The van der Waals surface area contributed by atoms with E-state index in [1.54, 1.807) is 11.8 Å². The van der Waals surface area contributed by atoms with Crippen LogP contribution in [0.4, 0.5) is 0 Å². The Labute approximate surface area is 166 Å². The molecular formula is C22H29N3O3. The molecule has 0 saturated carbocycles. The van der Waals surface area contributed by atoms with Crippen molar-refractivity contribution >= 4 is 5.91 Å². The highest BCUT2D eigenvalue weighted by atomic mass is 16.5. The van der Waals surface area contributed by atoms with E-state index in [0.717, 1.165) is 68.1 Å². The van der Waals surface area contributed by atoms with Crippen LogP contribution in [-0.2, 0) is 19.9 Å². The molecule has 1 unspecified atom stereocenters. The van der Waals surface area contributed by atoms with Gasteiger partial charge in [0.05, 0.1) is 19.4 Å². The van der Waals surface area contributed by atoms with Gasteiger partial charge in [0.2, 0.25) is 0 Å². The predicted molar refractivity (Wildman–Crippen MR) is 107 cm³/mol. The Bertz CT molecular complexity index is 846. The minimum Gasteiger partial charge on any atom is -0.497 e. The van der Waals surface area contributed by atoms with E-state index in [-0.39, 0.29) is 5.91 Å². The van der Waals surface area contributed by atoms with Crippen molar-refractivity contribution in [1.29, 1.82) is 0 Å². The van der Waals surface area contributed by atoms with Crippen molar-refractivity contribution in [1.82, 2.24) is 14.7 Å². The van der Waals surface area contributed by atoms with Gasteiger partial charge in [-0.05, 0) is 50.7 Å². The number of ether oxygens (including phenoxy) is 2. The zero-order valence-corrected chi connectivity index (χ0v) is 16.8. The average Bonchev–Trinajstić information content (AvgIpc) is 3.07. The first-order valence-electron chi connectivity index (χ1n) is 10.3. The topological polar surface area (TPSA) is 56.6 Å². The molecule has 1 aliphatic heterocycles. The SMILES string of the molecule is COc1cccc(OCC2CCCN(C(=O)c3c4c(nn3C)CCCC4)C2)c1. The van der Waals surface area contributed by atoms with Gasteiger partial charge in [-0.1, -0.05) is 6.07 Å². The molecule has 2 aromatic rings. The van der Waals surface area contributed by atoms with Gasteiger partial charge in [0.15, 0.2) is 0 Å². The van der Waals surface area contributed by atoms with Crippen LogP contribution in [0.3, 0.4) is 0 Å². The highest BCUT2D eigenvalue weighted by Crippen LogP contribution is 2.27. The van der Waals surface area contributed by atoms with Crippen molar-refractivity contribution in [3.8, 4) is 11.5 Å². The quantitative estimate of drug-likeness (QED) is 0.795. The van der Waals surface area contributed by atoms with Gasteiger partial charge in [-0.2, -0.15) is 5.10 Å². The molecule has 0 bridgehead atoms. The highest BCUT2D eigenvalue weighted by molar-refractivity contribution is 5.94. The number of likely N-dealkylation sites (tertiary alicyclic amines) is 1. The highest BCUT2D eigenvalue weighted by Gasteiger charge is 2.30. The van der Waals surface area contributed by atoms with Crippen LogP contribution in [0.15, 0.2) is 24.3 Å². The first kappa shape index (κ1) is 18.8. The molecule has 1 atom stereocenters. The fourth-order valence-electron chi connectivity index (χ4n) is 4.39. The molecule has 2 heterocycles. The van der Waals surface area contributed by atoms with Crippen molar-refractivity contribution in [3.63, 3.8) is 0 Å². The molecule has 1 aromatic heterocycles. The zero-order valence-electron chi connectivity index (χ0n) is 16.8. The van der Waals surface area contributed by atoms with E-state index in [1.165, 1.54) is 12.0 Å². The molecule has 1 aliphatic carbocycles. The maximum atomic E-state index is 13.3. The summed E-state index contributed by atoms with van der Waals surface area (Å²) < 4.78 is 13.0. The Morgan fingerprint density at radius 1 is 1.21 bits per heavy atom. The lowest BCUT2D eigenvalue weighted by molar-refractivity contribution is 0.0621. The number of carbonyl (C=O) groups excluding carboxylic acids is 1. The van der Waals surface area contributed by atoms with Crippen LogP contribution in [-0.4, -0.2) is 47.4 Å². The number of hydrogen-bond acceptors (Lipinski definition) is 4. The van der Waals surface area contributed by atoms with Gasteiger partial charge in [-0.25, -0.2) is 0 Å². The Kier molecular flexibility index (Phi) is 5.55. The lowest BCUT2D eigenvalue weighted by Gasteiger charge is -2.33. The number of benzene rings is 1. The summed E-state index contributed by atoms with van der Waals surface area (Å²) in [7, 11) is 3.56. The van der Waals surface area contributed by atoms with Gasteiger partial charge in [0, 0.05) is 37.7 Å². The summed E-state index contributed by atoms with van der Waals surface area (Å²) in [6, 6.07) is 7.67. The van der Waals surface area contributed by atoms with E-state index in [9.17, 15) is 4.79 Å². The van der Waals surface area contributed by atoms with Crippen molar-refractivity contribution in [3.05, 3.63) is 41.2 Å². The van der Waals surface area contributed by atoms with Gasteiger partial charge in [-0.15, -0.1) is 0 Å². The number of rotatable bonds is 5. The molecule has 1 amide bonds. The Balaban J connectivity index is 1.41. The summed E-state index contributed by atoms with van der Waals surface area (Å²) in [5.74, 6) is 2.07. The maximum absolute atomic E-state index is 13.3. The Morgan fingerprint density at radius 3 is 2.89 bits per heavy atom. The number of piperidine rings is 1. The fraction of sp³-hybridized carbons (Fsp3) is 0.545. The van der Waals surface area contributed by atoms with Gasteiger partial charge < -0.3 is 14.4 Å². The number of methoxy groups -OCH3 is 1. The van der Waals surface area contributed by atoms with E-state index in [4.69, 9.17) is 9.47 Å². The van der Waals surface area contributed by atoms with Crippen LogP contribution in [0, 0.1) is 5.92 Å². The zero-order chi connectivity index (χ0) is 19.5. The van der Waals surface area contributed by atoms with Crippen LogP contribution in [0.25, 0.3) is 0 Å². The lowest BCUT2D eigenvalue weighted by atomic mass is 9.94. The number of amides is 1. The molecule has 2 aliphatic rings. The average molecular weight is 383 g/mol. The van der Waals surface area contributed by atoms with Crippen molar-refractivity contribution in [2.24, 2.45) is 13.0 Å². The number of carbonyl (C=O) groups is 1. The molecule has 6 nitrogen and oxygen atoms in total. The summed E-state index contributed by atoms with van der Waals surface area (Å²) in [6.45, 7) is 2.16. The van der Waals surface area contributed by atoms with Crippen molar-refractivity contribution in [2.75, 3.05) is 26.8 Å². The van der Waals surface area contributed by atoms with Crippen LogP contribution < -0.4 is 9.47 Å². The van der Waals surface area contributed by atoms with Gasteiger partial charge in [0.1, 0.15) is 17.2 Å². The molecular weight excluding hydrogens is 354 g/mol. The molecule has 0 spiro atoms. The van der Waals surface area contributed by atoms with Crippen molar-refractivity contribution in [2.45, 2.75) is 38.5 Å². The second-order valence-corrected chi connectivity index (χ2v) is 7.85. The van der Waals surface area contributed by atoms with Gasteiger partial charge in [0.25, 0.3) is 5.91 Å². The summed E-state index contributed by atoms with van der Waals surface area (Å²) >= 11 is 0. The van der Waals surface area contributed by atoms with Crippen LogP contribution in [0.1, 0.15) is 47.4 Å². The third-order valence-corrected chi connectivity index (χ3v) is 5.85. The molecule has 4 rings (SSSR count). The van der Waals surface area contributed by atoms with E-state index >= 15 is 0 Å². The number of aryl methyl sites for hydroxylation is 2. The second kappa shape index (κ2) is 8.25. The summed E-state index contributed by atoms with van der Waals surface area (Å²) in [5.41, 5.74) is 3.09. The molecule has 0 N–H and O–H groups in total. The van der Waals surface area contributed by atoms with Gasteiger partial charge >= 0.3 is 0 Å². The number of fused-ring (bicyclic) bond motifs is 1.